The van der Waals surface area contributed by atoms with Crippen molar-refractivity contribution in [3.63, 3.8) is 0 Å². The van der Waals surface area contributed by atoms with Crippen LogP contribution in [0.25, 0.3) is 0 Å². The summed E-state index contributed by atoms with van der Waals surface area (Å²) in [5.41, 5.74) is 8.27. The second kappa shape index (κ2) is 8.97. The molecule has 0 amide bonds. The summed E-state index contributed by atoms with van der Waals surface area (Å²) in [6.45, 7) is 2.17. The second-order valence-electron chi connectivity index (χ2n) is 5.10. The maximum Gasteiger partial charge on any atom is 0.193 e. The number of hydrogen-bond acceptors (Lipinski definition) is 4. The Hall–Kier alpha value is -1.68. The number of nitrogens with two attached hydrogens (primary N) is 1. The molecule has 0 aliphatic rings. The van der Waals surface area contributed by atoms with Gasteiger partial charge in [0, 0.05) is 18.1 Å². The lowest BCUT2D eigenvalue weighted by Gasteiger charge is -2.08. The van der Waals surface area contributed by atoms with Crippen LogP contribution in [0.15, 0.2) is 52.5 Å². The van der Waals surface area contributed by atoms with E-state index in [1.807, 2.05) is 24.3 Å². The Balaban J connectivity index is 0.00000288. The van der Waals surface area contributed by atoms with Gasteiger partial charge >= 0.3 is 0 Å². The summed E-state index contributed by atoms with van der Waals surface area (Å²) in [7, 11) is -3.34. The molecule has 0 saturated carbocycles. The first kappa shape index (κ1) is 20.4. The van der Waals surface area contributed by atoms with Crippen molar-refractivity contribution in [3.8, 4) is 0 Å². The quantitative estimate of drug-likeness (QED) is 0.406. The molecule has 0 aliphatic carbocycles. The average Bonchev–Trinajstić information content (AvgIpc) is 2.52. The van der Waals surface area contributed by atoms with Gasteiger partial charge in [-0.05, 0) is 36.2 Å². The molecule has 0 spiro atoms. The summed E-state index contributed by atoms with van der Waals surface area (Å²) in [5.74, 6) is 0.211. The Morgan fingerprint density at radius 2 is 2.04 bits per heavy atom. The van der Waals surface area contributed by atoms with E-state index in [9.17, 15) is 8.42 Å². The second-order valence-corrected chi connectivity index (χ2v) is 7.08. The van der Waals surface area contributed by atoms with Gasteiger partial charge in [-0.2, -0.15) is 0 Å². The fourth-order valence-electron chi connectivity index (χ4n) is 2.10. The average molecular weight is 460 g/mol. The van der Waals surface area contributed by atoms with Crippen molar-refractivity contribution in [2.75, 3.05) is 11.6 Å². The third kappa shape index (κ3) is 5.75. The van der Waals surface area contributed by atoms with E-state index in [4.69, 9.17) is 5.73 Å². The molecule has 0 aliphatic heterocycles. The summed E-state index contributed by atoms with van der Waals surface area (Å²) >= 11 is 0. The summed E-state index contributed by atoms with van der Waals surface area (Å²) in [4.78, 5) is 8.43. The van der Waals surface area contributed by atoms with Crippen LogP contribution in [0.3, 0.4) is 0 Å². The minimum atomic E-state index is -3.34. The van der Waals surface area contributed by atoms with Gasteiger partial charge < -0.3 is 11.1 Å². The van der Waals surface area contributed by atoms with E-state index < -0.39 is 9.84 Å². The van der Waals surface area contributed by atoms with Crippen LogP contribution >= 0.6 is 24.0 Å². The molecule has 1 heterocycles. The van der Waals surface area contributed by atoms with E-state index in [-0.39, 0.29) is 41.4 Å². The lowest BCUT2D eigenvalue weighted by Crippen LogP contribution is -2.22. The van der Waals surface area contributed by atoms with Crippen molar-refractivity contribution in [2.24, 2.45) is 10.7 Å². The first-order chi connectivity index (χ1) is 10.9. The number of sulfone groups is 1. The number of aliphatic imine (C=N–C) groups is 1. The van der Waals surface area contributed by atoms with Gasteiger partial charge in [-0.1, -0.05) is 19.1 Å². The van der Waals surface area contributed by atoms with Crippen molar-refractivity contribution in [3.05, 3.63) is 53.9 Å². The number of benzene rings is 1. The highest BCUT2D eigenvalue weighted by Gasteiger charge is 2.13. The highest BCUT2D eigenvalue weighted by Crippen LogP contribution is 2.14. The van der Waals surface area contributed by atoms with Crippen LogP contribution in [0.4, 0.5) is 5.69 Å². The number of pyridine rings is 1. The van der Waals surface area contributed by atoms with Crippen LogP contribution < -0.4 is 11.1 Å². The lowest BCUT2D eigenvalue weighted by molar-refractivity contribution is 0.600. The number of hydrogen-bond donors (Lipinski definition) is 2. The molecule has 130 valence electrons. The van der Waals surface area contributed by atoms with Gasteiger partial charge in [0.25, 0.3) is 0 Å². The first-order valence-electron chi connectivity index (χ1n) is 7.20. The molecule has 8 heteroatoms. The van der Waals surface area contributed by atoms with Crippen LogP contribution in [0.2, 0.25) is 0 Å². The Morgan fingerprint density at radius 3 is 2.71 bits per heavy atom. The third-order valence-electron chi connectivity index (χ3n) is 3.25. The maximum absolute atomic E-state index is 11.7. The fraction of sp³-hybridized carbons (Fsp3) is 0.250. The third-order valence-corrected chi connectivity index (χ3v) is 4.43. The Bertz CT molecular complexity index is 822. The largest absolute Gasteiger partial charge is 0.370 e. The van der Waals surface area contributed by atoms with E-state index in [1.54, 1.807) is 6.07 Å². The molecular weight excluding hydrogens is 439 g/mol. The molecule has 0 saturated heterocycles. The molecule has 0 atom stereocenters. The molecule has 1 aromatic carbocycles. The van der Waals surface area contributed by atoms with Gasteiger partial charge in [-0.25, -0.2) is 13.4 Å². The van der Waals surface area contributed by atoms with Crippen LogP contribution in [0, 0.1) is 0 Å². The number of aromatic nitrogens is 1. The molecular formula is C16H21IN4O2S. The van der Waals surface area contributed by atoms with E-state index >= 15 is 0 Å². The zero-order valence-electron chi connectivity index (χ0n) is 13.6. The van der Waals surface area contributed by atoms with Crippen molar-refractivity contribution in [1.29, 1.82) is 0 Å². The Kier molecular flexibility index (Phi) is 7.61. The van der Waals surface area contributed by atoms with Gasteiger partial charge in [0.05, 0.1) is 17.1 Å². The van der Waals surface area contributed by atoms with Crippen LogP contribution in [-0.4, -0.2) is 25.6 Å². The van der Waals surface area contributed by atoms with E-state index in [2.05, 4.69) is 22.2 Å². The normalized spacial score (nSPS) is 11.7. The molecule has 0 radical (unpaired) electrons. The van der Waals surface area contributed by atoms with Crippen LogP contribution in [0.5, 0.6) is 0 Å². The number of anilines is 1. The fourth-order valence-corrected chi connectivity index (χ4v) is 2.97. The van der Waals surface area contributed by atoms with Gasteiger partial charge in [0.15, 0.2) is 15.8 Å². The van der Waals surface area contributed by atoms with Gasteiger partial charge in [0.2, 0.25) is 0 Å². The topological polar surface area (TPSA) is 97.4 Å². The van der Waals surface area contributed by atoms with E-state index in [0.717, 1.165) is 18.4 Å². The predicted molar refractivity (Wildman–Crippen MR) is 108 cm³/mol. The minimum absolute atomic E-state index is 0. The van der Waals surface area contributed by atoms with E-state index in [0.29, 0.717) is 5.69 Å². The number of aryl methyl sites for hydroxylation is 1. The number of rotatable bonds is 5. The number of guanidine groups is 1. The zero-order valence-corrected chi connectivity index (χ0v) is 16.7. The summed E-state index contributed by atoms with van der Waals surface area (Å²) in [6.07, 6.45) is 3.61. The van der Waals surface area contributed by atoms with Gasteiger partial charge in [-0.15, -0.1) is 24.0 Å². The van der Waals surface area contributed by atoms with Gasteiger partial charge in [0.1, 0.15) is 0 Å². The molecule has 0 fully saturated rings. The van der Waals surface area contributed by atoms with Crippen molar-refractivity contribution in [1.82, 2.24) is 4.98 Å². The summed E-state index contributed by atoms with van der Waals surface area (Å²) in [6, 6.07) is 11.0. The van der Waals surface area contributed by atoms with Crippen molar-refractivity contribution < 1.29 is 8.42 Å². The smallest absolute Gasteiger partial charge is 0.193 e. The summed E-state index contributed by atoms with van der Waals surface area (Å²) in [5, 5.41) is 3.00. The van der Waals surface area contributed by atoms with Crippen LogP contribution in [0.1, 0.15) is 18.2 Å². The Labute approximate surface area is 159 Å². The molecule has 3 N–H and O–H groups in total. The Morgan fingerprint density at radius 1 is 1.29 bits per heavy atom. The SMILES string of the molecule is CCc1cccc(NC(N)=NCc2ncccc2S(C)(=O)=O)c1.I. The molecule has 6 nitrogen and oxygen atoms in total. The number of halogens is 1. The monoisotopic (exact) mass is 460 g/mol. The summed E-state index contributed by atoms with van der Waals surface area (Å²) < 4.78 is 23.4. The van der Waals surface area contributed by atoms with Crippen LogP contribution in [-0.2, 0) is 22.8 Å². The van der Waals surface area contributed by atoms with Gasteiger partial charge in [-0.3, -0.25) is 4.98 Å². The van der Waals surface area contributed by atoms with Crippen molar-refractivity contribution >= 4 is 45.5 Å². The van der Waals surface area contributed by atoms with E-state index in [1.165, 1.54) is 17.8 Å². The van der Waals surface area contributed by atoms with Crippen molar-refractivity contribution in [2.45, 2.75) is 24.8 Å². The first-order valence-corrected chi connectivity index (χ1v) is 9.09. The predicted octanol–water partition coefficient (Wildman–Crippen LogP) is 2.59. The standard InChI is InChI=1S/C16H20N4O2S.HI/c1-3-12-6-4-7-13(10-12)20-16(17)19-11-14-15(23(2,21)22)8-5-9-18-14;/h4-10H,3,11H2,1-2H3,(H3,17,19,20);1H. The molecule has 1 aromatic heterocycles. The maximum atomic E-state index is 11.7. The highest BCUT2D eigenvalue weighted by molar-refractivity contribution is 14.0. The minimum Gasteiger partial charge on any atom is -0.370 e. The number of nitrogens with zero attached hydrogens (tertiary/aromatic N) is 2. The molecule has 0 bridgehead atoms. The molecule has 2 rings (SSSR count). The lowest BCUT2D eigenvalue weighted by atomic mass is 10.1. The number of nitrogens with one attached hydrogen (secondary N) is 1. The molecule has 24 heavy (non-hydrogen) atoms. The highest BCUT2D eigenvalue weighted by atomic mass is 127. The molecule has 0 unspecified atom stereocenters. The molecule has 2 aromatic rings. The zero-order chi connectivity index (χ0) is 16.9.